The van der Waals surface area contributed by atoms with Crippen LogP contribution >= 0.6 is 12.3 Å². The molecule has 0 aliphatic carbocycles. The van der Waals surface area contributed by atoms with E-state index in [0.29, 0.717) is 6.10 Å². The van der Waals surface area contributed by atoms with Crippen LogP contribution in [0, 0.1) is 0 Å². The summed E-state index contributed by atoms with van der Waals surface area (Å²) in [5.74, 6) is 0. The molecule has 0 N–H and O–H groups in total. The van der Waals surface area contributed by atoms with E-state index in [4.69, 9.17) is 8.37 Å². The molecule has 0 spiro atoms. The molecule has 0 saturated carbocycles. The predicted octanol–water partition coefficient (Wildman–Crippen LogP) is 3.33. The lowest BCUT2D eigenvalue weighted by Crippen LogP contribution is -2.07. The van der Waals surface area contributed by atoms with E-state index in [2.05, 4.69) is 6.92 Å². The molecule has 1 aliphatic rings. The molecule has 1 fully saturated rings. The maximum absolute atomic E-state index is 5.25. The summed E-state index contributed by atoms with van der Waals surface area (Å²) in [6.45, 7) is 3.02. The number of rotatable bonds is 6. The van der Waals surface area contributed by atoms with Crippen LogP contribution in [-0.2, 0) is 8.37 Å². The van der Waals surface area contributed by atoms with Gasteiger partial charge in [0.1, 0.15) is 0 Å². The van der Waals surface area contributed by atoms with Crippen LogP contribution in [0.15, 0.2) is 0 Å². The summed E-state index contributed by atoms with van der Waals surface area (Å²) in [7, 11) is 0. The quantitative estimate of drug-likeness (QED) is 0.473. The molecule has 0 aromatic heterocycles. The van der Waals surface area contributed by atoms with Gasteiger partial charge in [0, 0.05) is 0 Å². The smallest absolute Gasteiger partial charge is 0.159 e. The molecule has 1 atom stereocenters. The van der Waals surface area contributed by atoms with Crippen molar-refractivity contribution in [2.45, 2.75) is 51.6 Å². The zero-order valence-electron chi connectivity index (χ0n) is 7.75. The minimum absolute atomic E-state index is 0.358. The summed E-state index contributed by atoms with van der Waals surface area (Å²) in [4.78, 5) is 0. The van der Waals surface area contributed by atoms with Gasteiger partial charge in [0.15, 0.2) is 12.3 Å². The van der Waals surface area contributed by atoms with Gasteiger partial charge in [-0.3, -0.25) is 8.37 Å². The van der Waals surface area contributed by atoms with Gasteiger partial charge in [0.05, 0.1) is 12.7 Å². The van der Waals surface area contributed by atoms with Crippen LogP contribution in [0.25, 0.3) is 0 Å². The summed E-state index contributed by atoms with van der Waals surface area (Å²) in [6, 6.07) is 0. The molecule has 1 aliphatic heterocycles. The molecular formula is C9H18O2S. The van der Waals surface area contributed by atoms with Gasteiger partial charge >= 0.3 is 0 Å². The van der Waals surface area contributed by atoms with Crippen molar-refractivity contribution < 1.29 is 8.37 Å². The maximum atomic E-state index is 5.25. The van der Waals surface area contributed by atoms with Crippen LogP contribution in [-0.4, -0.2) is 12.7 Å². The highest BCUT2D eigenvalue weighted by Crippen LogP contribution is 2.22. The number of hydrogen-bond acceptors (Lipinski definition) is 3. The fourth-order valence-electron chi connectivity index (χ4n) is 1.32. The van der Waals surface area contributed by atoms with Crippen LogP contribution in [0.3, 0.4) is 0 Å². The summed E-state index contributed by atoms with van der Waals surface area (Å²) in [5, 5.41) is 0. The van der Waals surface area contributed by atoms with Gasteiger partial charge in [-0.2, -0.15) is 0 Å². The van der Waals surface area contributed by atoms with E-state index in [-0.39, 0.29) is 0 Å². The van der Waals surface area contributed by atoms with Crippen LogP contribution in [0.5, 0.6) is 0 Å². The molecule has 0 bridgehead atoms. The average Bonchev–Trinajstić information content (AvgIpc) is 2.57. The topological polar surface area (TPSA) is 18.5 Å². The number of hydrogen-bond donors (Lipinski definition) is 0. The Bertz CT molecular complexity index is 103. The van der Waals surface area contributed by atoms with Crippen molar-refractivity contribution >= 4 is 12.3 Å². The minimum atomic E-state index is 0.358. The van der Waals surface area contributed by atoms with Crippen LogP contribution in [0.1, 0.15) is 45.4 Å². The van der Waals surface area contributed by atoms with Gasteiger partial charge < -0.3 is 0 Å². The lowest BCUT2D eigenvalue weighted by Gasteiger charge is -2.04. The fraction of sp³-hybridized carbons (Fsp3) is 1.00. The highest BCUT2D eigenvalue weighted by atomic mass is 32.2. The molecule has 0 radical (unpaired) electrons. The zero-order valence-corrected chi connectivity index (χ0v) is 8.57. The van der Waals surface area contributed by atoms with Gasteiger partial charge in [0.25, 0.3) is 0 Å². The van der Waals surface area contributed by atoms with Crippen LogP contribution in [0.4, 0.5) is 0 Å². The summed E-state index contributed by atoms with van der Waals surface area (Å²) >= 11 is 1.15. The third-order valence-corrected chi connectivity index (χ3v) is 2.69. The second-order valence-corrected chi connectivity index (χ2v) is 3.84. The second-order valence-electron chi connectivity index (χ2n) is 3.27. The van der Waals surface area contributed by atoms with Crippen LogP contribution in [0.2, 0.25) is 0 Å². The molecule has 3 heteroatoms. The Hall–Kier alpha value is 0.270. The van der Waals surface area contributed by atoms with Crippen molar-refractivity contribution in [2.24, 2.45) is 0 Å². The molecule has 1 unspecified atom stereocenters. The van der Waals surface area contributed by atoms with Gasteiger partial charge in [-0.1, -0.05) is 39.0 Å². The Balaban J connectivity index is 1.81. The van der Waals surface area contributed by atoms with Crippen LogP contribution < -0.4 is 0 Å². The molecule has 12 heavy (non-hydrogen) atoms. The monoisotopic (exact) mass is 190 g/mol. The Labute approximate surface area is 79.4 Å². The SMILES string of the molecule is CCCCCCCC1COSO1. The molecule has 0 aromatic rings. The highest BCUT2D eigenvalue weighted by molar-refractivity contribution is 7.90. The van der Waals surface area contributed by atoms with Crippen molar-refractivity contribution in [2.75, 3.05) is 6.61 Å². The van der Waals surface area contributed by atoms with Gasteiger partial charge in [-0.05, 0) is 6.42 Å². The van der Waals surface area contributed by atoms with Gasteiger partial charge in [0.2, 0.25) is 0 Å². The van der Waals surface area contributed by atoms with Crippen molar-refractivity contribution in [3.8, 4) is 0 Å². The maximum Gasteiger partial charge on any atom is 0.159 e. The molecule has 0 aromatic carbocycles. The van der Waals surface area contributed by atoms with E-state index in [1.54, 1.807) is 0 Å². The standard InChI is InChI=1S/C9H18O2S/c1-2-3-4-5-6-7-9-8-10-12-11-9/h9H,2-8H2,1H3. The molecule has 1 saturated heterocycles. The lowest BCUT2D eigenvalue weighted by atomic mass is 10.1. The average molecular weight is 190 g/mol. The Morgan fingerprint density at radius 1 is 1.25 bits per heavy atom. The summed E-state index contributed by atoms with van der Waals surface area (Å²) < 4.78 is 10.3. The van der Waals surface area contributed by atoms with Gasteiger partial charge in [-0.25, -0.2) is 0 Å². The molecule has 2 nitrogen and oxygen atoms in total. The predicted molar refractivity (Wildman–Crippen MR) is 51.8 cm³/mol. The van der Waals surface area contributed by atoms with E-state index in [9.17, 15) is 0 Å². The Morgan fingerprint density at radius 3 is 2.75 bits per heavy atom. The molecular weight excluding hydrogens is 172 g/mol. The summed E-state index contributed by atoms with van der Waals surface area (Å²) in [5.41, 5.74) is 0. The Morgan fingerprint density at radius 2 is 2.08 bits per heavy atom. The van der Waals surface area contributed by atoms with E-state index in [0.717, 1.165) is 25.4 Å². The largest absolute Gasteiger partial charge is 0.289 e. The second kappa shape index (κ2) is 6.75. The fourth-order valence-corrected chi connectivity index (χ4v) is 1.85. The molecule has 0 amide bonds. The first kappa shape index (κ1) is 10.4. The number of unbranched alkanes of at least 4 members (excludes halogenated alkanes) is 4. The highest BCUT2D eigenvalue weighted by Gasteiger charge is 2.16. The van der Waals surface area contributed by atoms with Gasteiger partial charge in [-0.15, -0.1) is 0 Å². The first-order valence-electron chi connectivity index (χ1n) is 4.88. The zero-order chi connectivity index (χ0) is 8.65. The third kappa shape index (κ3) is 4.33. The normalized spacial score (nSPS) is 23.2. The molecule has 1 heterocycles. The van der Waals surface area contributed by atoms with E-state index < -0.39 is 0 Å². The lowest BCUT2D eigenvalue weighted by molar-refractivity contribution is 0.224. The van der Waals surface area contributed by atoms with E-state index in [1.165, 1.54) is 32.1 Å². The van der Waals surface area contributed by atoms with Crippen molar-refractivity contribution in [3.63, 3.8) is 0 Å². The Kier molecular flexibility index (Phi) is 5.82. The first-order valence-corrected chi connectivity index (χ1v) is 5.55. The molecule has 72 valence electrons. The van der Waals surface area contributed by atoms with Crippen molar-refractivity contribution in [3.05, 3.63) is 0 Å². The van der Waals surface area contributed by atoms with E-state index in [1.807, 2.05) is 0 Å². The third-order valence-electron chi connectivity index (χ3n) is 2.11. The molecule has 1 rings (SSSR count). The summed E-state index contributed by atoms with van der Waals surface area (Å²) in [6.07, 6.45) is 8.22. The minimum Gasteiger partial charge on any atom is -0.289 e. The van der Waals surface area contributed by atoms with Crippen molar-refractivity contribution in [1.29, 1.82) is 0 Å². The van der Waals surface area contributed by atoms with E-state index >= 15 is 0 Å². The van der Waals surface area contributed by atoms with Crippen molar-refractivity contribution in [1.82, 2.24) is 0 Å². The first-order chi connectivity index (χ1) is 5.93.